The van der Waals surface area contributed by atoms with Crippen molar-refractivity contribution in [3.8, 4) is 0 Å². The zero-order chi connectivity index (χ0) is 15.0. The third-order valence-corrected chi connectivity index (χ3v) is 4.73. The summed E-state index contributed by atoms with van der Waals surface area (Å²) in [6.45, 7) is 5.50. The van der Waals surface area contributed by atoms with Crippen molar-refractivity contribution < 1.29 is 14.7 Å². The standard InChI is InChI=1S/C14H26N2O3S/c1-3-4-5-6-15-14(19)11(2)16-7-8-20-10-12(16)9-13(17)18/h11-12H,3-10H2,1-2H3,(H,15,19)(H,17,18). The van der Waals surface area contributed by atoms with Crippen molar-refractivity contribution in [1.82, 2.24) is 10.2 Å². The lowest BCUT2D eigenvalue weighted by Gasteiger charge is -2.38. The van der Waals surface area contributed by atoms with Gasteiger partial charge in [-0.2, -0.15) is 11.8 Å². The average Bonchev–Trinajstić information content (AvgIpc) is 2.42. The molecule has 2 atom stereocenters. The Balaban J connectivity index is 2.46. The van der Waals surface area contributed by atoms with Crippen LogP contribution in [-0.2, 0) is 9.59 Å². The van der Waals surface area contributed by atoms with Gasteiger partial charge in [0.2, 0.25) is 5.91 Å². The monoisotopic (exact) mass is 302 g/mol. The van der Waals surface area contributed by atoms with Crippen molar-refractivity contribution in [2.45, 2.75) is 51.6 Å². The first kappa shape index (κ1) is 17.3. The first-order valence-corrected chi connectivity index (χ1v) is 8.54. The number of carbonyl (C=O) groups excluding carboxylic acids is 1. The maximum absolute atomic E-state index is 12.1. The zero-order valence-electron chi connectivity index (χ0n) is 12.4. The van der Waals surface area contributed by atoms with Crippen LogP contribution in [0.3, 0.4) is 0 Å². The van der Waals surface area contributed by atoms with Gasteiger partial charge in [0, 0.05) is 30.6 Å². The third kappa shape index (κ3) is 5.71. The molecule has 2 N–H and O–H groups in total. The molecule has 0 aromatic rings. The molecule has 5 nitrogen and oxygen atoms in total. The maximum Gasteiger partial charge on any atom is 0.304 e. The Morgan fingerprint density at radius 1 is 1.45 bits per heavy atom. The van der Waals surface area contributed by atoms with Gasteiger partial charge < -0.3 is 10.4 Å². The van der Waals surface area contributed by atoms with E-state index in [0.29, 0.717) is 6.54 Å². The SMILES string of the molecule is CCCCCNC(=O)C(C)N1CCSCC1CC(=O)O. The summed E-state index contributed by atoms with van der Waals surface area (Å²) in [5.41, 5.74) is 0. The summed E-state index contributed by atoms with van der Waals surface area (Å²) in [6.07, 6.45) is 3.37. The van der Waals surface area contributed by atoms with E-state index in [9.17, 15) is 9.59 Å². The number of thioether (sulfide) groups is 1. The quantitative estimate of drug-likeness (QED) is 0.666. The van der Waals surface area contributed by atoms with E-state index < -0.39 is 5.97 Å². The summed E-state index contributed by atoms with van der Waals surface area (Å²) in [5.74, 6) is 0.977. The first-order chi connectivity index (χ1) is 9.56. The van der Waals surface area contributed by atoms with E-state index in [1.54, 1.807) is 11.8 Å². The van der Waals surface area contributed by atoms with Crippen LogP contribution in [0, 0.1) is 0 Å². The highest BCUT2D eigenvalue weighted by Gasteiger charge is 2.31. The lowest BCUT2D eigenvalue weighted by molar-refractivity contribution is -0.139. The Kier molecular flexibility index (Phi) is 7.99. The van der Waals surface area contributed by atoms with E-state index in [1.165, 1.54) is 0 Å². The number of hydrogen-bond acceptors (Lipinski definition) is 4. The molecule has 20 heavy (non-hydrogen) atoms. The molecule has 1 aliphatic heterocycles. The molecule has 0 aromatic heterocycles. The molecule has 0 spiro atoms. The minimum absolute atomic E-state index is 0.0170. The second-order valence-corrected chi connectivity index (χ2v) is 6.39. The molecule has 0 saturated carbocycles. The van der Waals surface area contributed by atoms with E-state index in [-0.39, 0.29) is 24.4 Å². The predicted octanol–water partition coefficient (Wildman–Crippen LogP) is 1.57. The van der Waals surface area contributed by atoms with E-state index in [2.05, 4.69) is 12.2 Å². The molecule has 0 aromatic carbocycles. The fourth-order valence-electron chi connectivity index (χ4n) is 2.44. The Bertz CT molecular complexity index is 326. The van der Waals surface area contributed by atoms with Gasteiger partial charge in [0.15, 0.2) is 0 Å². The van der Waals surface area contributed by atoms with Crippen molar-refractivity contribution in [1.29, 1.82) is 0 Å². The molecule has 1 amide bonds. The van der Waals surface area contributed by atoms with Crippen molar-refractivity contribution >= 4 is 23.6 Å². The van der Waals surface area contributed by atoms with Gasteiger partial charge in [-0.05, 0) is 13.3 Å². The third-order valence-electron chi connectivity index (χ3n) is 3.64. The number of unbranched alkanes of at least 4 members (excludes halogenated alkanes) is 2. The molecule has 1 aliphatic rings. The number of carbonyl (C=O) groups is 2. The van der Waals surface area contributed by atoms with Crippen molar-refractivity contribution in [2.24, 2.45) is 0 Å². The molecule has 1 rings (SSSR count). The fourth-order valence-corrected chi connectivity index (χ4v) is 3.53. The lowest BCUT2D eigenvalue weighted by atomic mass is 10.1. The molecule has 0 bridgehead atoms. The summed E-state index contributed by atoms with van der Waals surface area (Å²) in [4.78, 5) is 25.1. The number of rotatable bonds is 8. The number of amides is 1. The van der Waals surface area contributed by atoms with Crippen LogP contribution in [0.25, 0.3) is 0 Å². The largest absolute Gasteiger partial charge is 0.481 e. The van der Waals surface area contributed by atoms with Crippen LogP contribution in [0.1, 0.15) is 39.5 Å². The number of nitrogens with zero attached hydrogens (tertiary/aromatic N) is 1. The topological polar surface area (TPSA) is 69.6 Å². The van der Waals surface area contributed by atoms with Crippen LogP contribution in [0.15, 0.2) is 0 Å². The summed E-state index contributed by atoms with van der Waals surface area (Å²) in [5, 5.41) is 11.9. The number of hydrogen-bond donors (Lipinski definition) is 2. The summed E-state index contributed by atoms with van der Waals surface area (Å²) >= 11 is 1.77. The maximum atomic E-state index is 12.1. The Morgan fingerprint density at radius 2 is 2.20 bits per heavy atom. The molecule has 2 unspecified atom stereocenters. The Hall–Kier alpha value is -0.750. The van der Waals surface area contributed by atoms with Crippen LogP contribution in [0.5, 0.6) is 0 Å². The first-order valence-electron chi connectivity index (χ1n) is 7.39. The van der Waals surface area contributed by atoms with Gasteiger partial charge >= 0.3 is 5.97 Å². The van der Waals surface area contributed by atoms with E-state index >= 15 is 0 Å². The summed E-state index contributed by atoms with van der Waals surface area (Å²) in [6, 6.07) is -0.287. The van der Waals surface area contributed by atoms with Gasteiger partial charge in [0.05, 0.1) is 12.5 Å². The number of carboxylic acid groups (broad SMARTS) is 1. The smallest absolute Gasteiger partial charge is 0.304 e. The van der Waals surface area contributed by atoms with Crippen molar-refractivity contribution in [3.05, 3.63) is 0 Å². The molecule has 1 saturated heterocycles. The van der Waals surface area contributed by atoms with Gasteiger partial charge in [0.1, 0.15) is 0 Å². The molecule has 1 fully saturated rings. The van der Waals surface area contributed by atoms with E-state index in [0.717, 1.165) is 37.3 Å². The Labute approximate surface area is 125 Å². The Morgan fingerprint density at radius 3 is 2.85 bits per heavy atom. The van der Waals surface area contributed by atoms with Gasteiger partial charge in [-0.3, -0.25) is 14.5 Å². The molecule has 1 heterocycles. The minimum Gasteiger partial charge on any atom is -0.481 e. The van der Waals surface area contributed by atoms with Gasteiger partial charge in [-0.25, -0.2) is 0 Å². The molecule has 6 heteroatoms. The van der Waals surface area contributed by atoms with Crippen molar-refractivity contribution in [3.63, 3.8) is 0 Å². The van der Waals surface area contributed by atoms with Crippen LogP contribution in [-0.4, -0.2) is 58.6 Å². The lowest BCUT2D eigenvalue weighted by Crippen LogP contribution is -2.53. The highest BCUT2D eigenvalue weighted by atomic mass is 32.2. The van der Waals surface area contributed by atoms with Crippen LogP contribution in [0.4, 0.5) is 0 Å². The molecular weight excluding hydrogens is 276 g/mol. The number of aliphatic carboxylic acids is 1. The van der Waals surface area contributed by atoms with Crippen molar-refractivity contribution in [2.75, 3.05) is 24.6 Å². The molecular formula is C14H26N2O3S. The second-order valence-electron chi connectivity index (χ2n) is 5.24. The summed E-state index contributed by atoms with van der Waals surface area (Å²) in [7, 11) is 0. The number of carboxylic acids is 1. The molecule has 0 aliphatic carbocycles. The normalized spacial score (nSPS) is 21.4. The highest BCUT2D eigenvalue weighted by Crippen LogP contribution is 2.21. The average molecular weight is 302 g/mol. The van der Waals surface area contributed by atoms with Gasteiger partial charge in [0.25, 0.3) is 0 Å². The van der Waals surface area contributed by atoms with E-state index in [1.807, 2.05) is 11.8 Å². The van der Waals surface area contributed by atoms with Crippen LogP contribution in [0.2, 0.25) is 0 Å². The highest BCUT2D eigenvalue weighted by molar-refractivity contribution is 7.99. The van der Waals surface area contributed by atoms with Gasteiger partial charge in [-0.1, -0.05) is 19.8 Å². The van der Waals surface area contributed by atoms with Crippen LogP contribution >= 0.6 is 11.8 Å². The van der Waals surface area contributed by atoms with Crippen LogP contribution < -0.4 is 5.32 Å². The fraction of sp³-hybridized carbons (Fsp3) is 0.857. The second kappa shape index (κ2) is 9.23. The predicted molar refractivity (Wildman–Crippen MR) is 82.1 cm³/mol. The van der Waals surface area contributed by atoms with Gasteiger partial charge in [-0.15, -0.1) is 0 Å². The zero-order valence-corrected chi connectivity index (χ0v) is 13.2. The minimum atomic E-state index is -0.793. The van der Waals surface area contributed by atoms with E-state index in [4.69, 9.17) is 5.11 Å². The summed E-state index contributed by atoms with van der Waals surface area (Å²) < 4.78 is 0. The molecule has 116 valence electrons. The molecule has 0 radical (unpaired) electrons. The number of nitrogens with one attached hydrogen (secondary N) is 1.